The molecule has 0 fully saturated rings. The van der Waals surface area contributed by atoms with E-state index in [1.54, 1.807) is 4.28 Å². The summed E-state index contributed by atoms with van der Waals surface area (Å²) in [5.41, 5.74) is 2.29. The summed E-state index contributed by atoms with van der Waals surface area (Å²) in [5, 5.41) is 0. The van der Waals surface area contributed by atoms with E-state index in [9.17, 15) is 0 Å². The minimum absolute atomic E-state index is 0. The molecule has 1 aliphatic carbocycles. The second-order valence-electron chi connectivity index (χ2n) is 1.51. The molecule has 1 rings (SSSR count). The SMILES string of the molecule is [CH3][V+2][C]1=CC=CC1.[Cl-].[Cl-]. The Hall–Kier alpha value is 0.644. The normalized spacial score (nSPS) is 12.8. The average Bonchev–Trinajstić information content (AvgIpc) is 2.14. The second kappa shape index (κ2) is 6.76. The van der Waals surface area contributed by atoms with Crippen LogP contribution in [-0.4, -0.2) is 0 Å². The van der Waals surface area contributed by atoms with Crippen LogP contribution in [0, 0.1) is 0 Å². The van der Waals surface area contributed by atoms with Crippen LogP contribution in [0.1, 0.15) is 6.42 Å². The van der Waals surface area contributed by atoms with E-state index in [1.165, 1.54) is 6.42 Å². The van der Waals surface area contributed by atoms with Crippen LogP contribution in [0.3, 0.4) is 0 Å². The molecule has 3 heteroatoms. The van der Waals surface area contributed by atoms with Gasteiger partial charge in [-0.05, 0) is 0 Å². The van der Waals surface area contributed by atoms with Gasteiger partial charge in [-0.15, -0.1) is 0 Å². The molecule has 0 N–H and O–H groups in total. The average molecular weight is 202 g/mol. The van der Waals surface area contributed by atoms with Gasteiger partial charge < -0.3 is 24.8 Å². The molecule has 0 saturated carbocycles. The maximum atomic E-state index is 2.29. The Kier molecular flexibility index (Phi) is 9.26. The van der Waals surface area contributed by atoms with Crippen LogP contribution < -0.4 is 24.8 Å². The van der Waals surface area contributed by atoms with Crippen molar-refractivity contribution in [3.05, 3.63) is 22.5 Å². The first-order valence-corrected chi connectivity index (χ1v) is 4.48. The fourth-order valence-corrected chi connectivity index (χ4v) is 1.42. The number of allylic oxidation sites excluding steroid dienone is 4. The summed E-state index contributed by atoms with van der Waals surface area (Å²) in [6, 6.07) is 0. The summed E-state index contributed by atoms with van der Waals surface area (Å²) < 4.78 is 1.65. The Morgan fingerprint density at radius 1 is 1.44 bits per heavy atom. The number of hydrogen-bond donors (Lipinski definition) is 0. The Balaban J connectivity index is 0. The summed E-state index contributed by atoms with van der Waals surface area (Å²) in [6.07, 6.45) is 7.83. The van der Waals surface area contributed by atoms with Crippen LogP contribution in [0.4, 0.5) is 0 Å². The summed E-state index contributed by atoms with van der Waals surface area (Å²) in [7, 11) is 0. The van der Waals surface area contributed by atoms with Crippen LogP contribution in [0.25, 0.3) is 0 Å². The standard InChI is InChI=1S/C5H5.CH3.2ClH.V/c1-2-4-5-3-1;;;;/h1-3H,4H2;1H3;2*1H;/q;;;;+2/p-2. The zero-order valence-corrected chi connectivity index (χ0v) is 8.05. The topological polar surface area (TPSA) is 0 Å². The molecule has 0 heterocycles. The van der Waals surface area contributed by atoms with E-state index >= 15 is 0 Å². The van der Waals surface area contributed by atoms with Crippen molar-refractivity contribution < 1.29 is 41.1 Å². The van der Waals surface area contributed by atoms with Gasteiger partial charge >= 0.3 is 50.9 Å². The molecule has 0 atom stereocenters. The minimum Gasteiger partial charge on any atom is -1.00 e. The van der Waals surface area contributed by atoms with Gasteiger partial charge in [-0.1, -0.05) is 0 Å². The molecule has 0 bridgehead atoms. The molecule has 0 aromatic heterocycles. The maximum absolute atomic E-state index is 2.29. The van der Waals surface area contributed by atoms with Gasteiger partial charge in [-0.3, -0.25) is 0 Å². The molecule has 0 nitrogen and oxygen atoms in total. The predicted octanol–water partition coefficient (Wildman–Crippen LogP) is -4.03. The van der Waals surface area contributed by atoms with Gasteiger partial charge in [-0.25, -0.2) is 0 Å². The van der Waals surface area contributed by atoms with E-state index in [4.69, 9.17) is 0 Å². The van der Waals surface area contributed by atoms with E-state index in [0.717, 1.165) is 0 Å². The summed E-state index contributed by atoms with van der Waals surface area (Å²) in [5.74, 6) is 0. The van der Waals surface area contributed by atoms with Crippen molar-refractivity contribution in [1.82, 2.24) is 0 Å². The van der Waals surface area contributed by atoms with Gasteiger partial charge in [0.2, 0.25) is 0 Å². The maximum Gasteiger partial charge on any atom is -1.00 e. The first kappa shape index (κ1) is 12.3. The summed E-state index contributed by atoms with van der Waals surface area (Å²) >= 11 is 0.523. The van der Waals surface area contributed by atoms with Crippen LogP contribution in [0.15, 0.2) is 22.5 Å². The van der Waals surface area contributed by atoms with Gasteiger partial charge in [0.05, 0.1) is 0 Å². The molecule has 0 radical (unpaired) electrons. The van der Waals surface area contributed by atoms with Gasteiger partial charge in [0.15, 0.2) is 0 Å². The van der Waals surface area contributed by atoms with Crippen molar-refractivity contribution in [3.63, 3.8) is 0 Å². The van der Waals surface area contributed by atoms with E-state index in [-0.39, 0.29) is 24.8 Å². The zero-order chi connectivity index (χ0) is 5.11. The fraction of sp³-hybridized carbons (Fsp3) is 0.333. The molecule has 0 saturated heterocycles. The fourth-order valence-electron chi connectivity index (χ4n) is 0.602. The van der Waals surface area contributed by atoms with Crippen molar-refractivity contribution in [3.8, 4) is 0 Å². The molecular formula is C6H8Cl2V. The molecule has 1 aliphatic rings. The predicted molar refractivity (Wildman–Crippen MR) is 27.7 cm³/mol. The van der Waals surface area contributed by atoms with Gasteiger partial charge in [0.1, 0.15) is 0 Å². The van der Waals surface area contributed by atoms with E-state index in [1.807, 2.05) is 0 Å². The third-order valence-corrected chi connectivity index (χ3v) is 2.45. The summed E-state index contributed by atoms with van der Waals surface area (Å²) in [6.45, 7) is 0. The van der Waals surface area contributed by atoms with Gasteiger partial charge in [0, 0.05) is 0 Å². The third-order valence-electron chi connectivity index (χ3n) is 1.04. The van der Waals surface area contributed by atoms with Crippen LogP contribution in [0.2, 0.25) is 5.64 Å². The van der Waals surface area contributed by atoms with Crippen molar-refractivity contribution >= 4 is 0 Å². The molecule has 51 valence electrons. The van der Waals surface area contributed by atoms with Gasteiger partial charge in [-0.2, -0.15) is 0 Å². The van der Waals surface area contributed by atoms with Crippen LogP contribution in [-0.2, 0) is 16.3 Å². The Bertz CT molecular complexity index is 118. The molecule has 9 heavy (non-hydrogen) atoms. The molecule has 0 aromatic rings. The molecule has 0 amide bonds. The zero-order valence-electron chi connectivity index (χ0n) is 5.14. The number of hydrogen-bond acceptors (Lipinski definition) is 0. The molecule has 0 aliphatic heterocycles. The van der Waals surface area contributed by atoms with Crippen molar-refractivity contribution in [2.24, 2.45) is 0 Å². The Morgan fingerprint density at radius 2 is 2.11 bits per heavy atom. The monoisotopic (exact) mass is 201 g/mol. The molecule has 0 spiro atoms. The Morgan fingerprint density at radius 3 is 2.33 bits per heavy atom. The number of halogens is 2. The van der Waals surface area contributed by atoms with E-state index in [2.05, 4.69) is 23.9 Å². The van der Waals surface area contributed by atoms with Crippen molar-refractivity contribution in [2.75, 3.05) is 0 Å². The third kappa shape index (κ3) is 4.10. The largest absolute Gasteiger partial charge is 1.00 e. The first-order valence-electron chi connectivity index (χ1n) is 2.39. The quantitative estimate of drug-likeness (QED) is 0.406. The number of rotatable bonds is 1. The molecule has 0 aromatic carbocycles. The molecular weight excluding hydrogens is 194 g/mol. The second-order valence-corrected chi connectivity index (χ2v) is 3.11. The van der Waals surface area contributed by atoms with E-state index in [0.29, 0.717) is 16.3 Å². The van der Waals surface area contributed by atoms with Crippen LogP contribution in [0.5, 0.6) is 0 Å². The van der Waals surface area contributed by atoms with Crippen molar-refractivity contribution in [2.45, 2.75) is 12.1 Å². The van der Waals surface area contributed by atoms with Crippen molar-refractivity contribution in [1.29, 1.82) is 0 Å². The Labute approximate surface area is 75.7 Å². The van der Waals surface area contributed by atoms with Crippen LogP contribution >= 0.6 is 0 Å². The summed E-state index contributed by atoms with van der Waals surface area (Å²) in [4.78, 5) is 0. The van der Waals surface area contributed by atoms with Gasteiger partial charge in [0.25, 0.3) is 0 Å². The minimum atomic E-state index is 0. The smallest absolute Gasteiger partial charge is 1.00 e. The van der Waals surface area contributed by atoms with E-state index < -0.39 is 0 Å². The first-order chi connectivity index (χ1) is 3.43. The molecule has 0 unspecified atom stereocenters.